The molecule has 2 unspecified atom stereocenters. The van der Waals surface area contributed by atoms with Crippen LogP contribution >= 0.6 is 0 Å². The number of benzene rings is 1. The van der Waals surface area contributed by atoms with E-state index in [-0.39, 0.29) is 5.91 Å². The van der Waals surface area contributed by atoms with E-state index >= 15 is 0 Å². The van der Waals surface area contributed by atoms with E-state index < -0.39 is 17.8 Å². The number of hydrogen-bond acceptors (Lipinski definition) is 2. The topological polar surface area (TPSA) is 57.6 Å². The lowest BCUT2D eigenvalue weighted by Crippen LogP contribution is -2.39. The molecule has 0 aliphatic carbocycles. The Morgan fingerprint density at radius 3 is 2.25 bits per heavy atom. The minimum atomic E-state index is -0.929. The Morgan fingerprint density at radius 2 is 1.75 bits per heavy atom. The van der Waals surface area contributed by atoms with Gasteiger partial charge in [0.1, 0.15) is 0 Å². The SMILES string of the molecule is CCCN(Cc1ccccc1)C(=O)C(C)C(C)C(=O)O. The molecule has 1 aromatic carbocycles. The maximum absolute atomic E-state index is 12.4. The molecule has 0 radical (unpaired) electrons. The molecule has 2 atom stereocenters. The van der Waals surface area contributed by atoms with E-state index in [0.29, 0.717) is 13.1 Å². The number of rotatable bonds is 7. The van der Waals surface area contributed by atoms with Crippen LogP contribution in [0.5, 0.6) is 0 Å². The van der Waals surface area contributed by atoms with Crippen molar-refractivity contribution in [3.05, 3.63) is 35.9 Å². The van der Waals surface area contributed by atoms with E-state index in [1.165, 1.54) is 0 Å². The molecule has 1 rings (SSSR count). The van der Waals surface area contributed by atoms with Crippen LogP contribution < -0.4 is 0 Å². The van der Waals surface area contributed by atoms with E-state index in [1.807, 2.05) is 37.3 Å². The minimum Gasteiger partial charge on any atom is -0.481 e. The Bertz CT molecular complexity index is 444. The van der Waals surface area contributed by atoms with Crippen LogP contribution in [-0.4, -0.2) is 28.4 Å². The summed E-state index contributed by atoms with van der Waals surface area (Å²) in [5.74, 6) is -2.20. The number of amides is 1. The highest BCUT2D eigenvalue weighted by Gasteiger charge is 2.29. The minimum absolute atomic E-state index is 0.0920. The molecular formula is C16H23NO3. The molecule has 1 N–H and O–H groups in total. The molecule has 0 heterocycles. The van der Waals surface area contributed by atoms with Gasteiger partial charge in [-0.15, -0.1) is 0 Å². The number of carboxylic acids is 1. The number of nitrogens with zero attached hydrogens (tertiary/aromatic N) is 1. The van der Waals surface area contributed by atoms with Gasteiger partial charge in [0.15, 0.2) is 0 Å². The van der Waals surface area contributed by atoms with E-state index in [1.54, 1.807) is 18.7 Å². The highest BCUT2D eigenvalue weighted by molar-refractivity contribution is 5.84. The summed E-state index contributed by atoms with van der Waals surface area (Å²) in [6.07, 6.45) is 0.854. The number of aliphatic carboxylic acids is 1. The van der Waals surface area contributed by atoms with Crippen molar-refractivity contribution in [2.24, 2.45) is 11.8 Å². The fraction of sp³-hybridized carbons (Fsp3) is 0.500. The summed E-state index contributed by atoms with van der Waals surface area (Å²) in [7, 11) is 0. The van der Waals surface area contributed by atoms with Gasteiger partial charge in [-0.1, -0.05) is 51.1 Å². The molecule has 4 nitrogen and oxygen atoms in total. The van der Waals surface area contributed by atoms with Gasteiger partial charge in [-0.2, -0.15) is 0 Å². The van der Waals surface area contributed by atoms with Gasteiger partial charge in [0.05, 0.1) is 5.92 Å². The van der Waals surface area contributed by atoms with Crippen LogP contribution in [0.1, 0.15) is 32.8 Å². The molecule has 0 saturated carbocycles. The van der Waals surface area contributed by atoms with Crippen LogP contribution in [0.15, 0.2) is 30.3 Å². The van der Waals surface area contributed by atoms with Crippen molar-refractivity contribution in [2.75, 3.05) is 6.54 Å². The first-order chi connectivity index (χ1) is 9.47. The zero-order valence-electron chi connectivity index (χ0n) is 12.4. The molecule has 0 aliphatic heterocycles. The molecule has 0 fully saturated rings. The van der Waals surface area contributed by atoms with Gasteiger partial charge in [-0.25, -0.2) is 0 Å². The molecule has 1 aromatic rings. The van der Waals surface area contributed by atoms with Crippen LogP contribution in [-0.2, 0) is 16.1 Å². The van der Waals surface area contributed by atoms with Crippen molar-refractivity contribution in [3.8, 4) is 0 Å². The normalized spacial score (nSPS) is 13.6. The first-order valence-electron chi connectivity index (χ1n) is 7.02. The number of carbonyl (C=O) groups is 2. The van der Waals surface area contributed by atoms with Gasteiger partial charge in [0, 0.05) is 19.0 Å². The summed E-state index contributed by atoms with van der Waals surface area (Å²) in [5, 5.41) is 9.03. The second-order valence-electron chi connectivity index (χ2n) is 5.16. The predicted molar refractivity (Wildman–Crippen MR) is 78.1 cm³/mol. The monoisotopic (exact) mass is 277 g/mol. The maximum Gasteiger partial charge on any atom is 0.307 e. The third-order valence-corrected chi connectivity index (χ3v) is 3.55. The average molecular weight is 277 g/mol. The summed E-state index contributed by atoms with van der Waals surface area (Å²) in [4.78, 5) is 25.2. The van der Waals surface area contributed by atoms with Crippen LogP contribution in [0.3, 0.4) is 0 Å². The smallest absolute Gasteiger partial charge is 0.307 e. The van der Waals surface area contributed by atoms with Crippen molar-refractivity contribution < 1.29 is 14.7 Å². The maximum atomic E-state index is 12.4. The highest BCUT2D eigenvalue weighted by atomic mass is 16.4. The molecule has 0 saturated heterocycles. The predicted octanol–water partition coefficient (Wildman–Crippen LogP) is 2.78. The first kappa shape index (κ1) is 16.2. The zero-order chi connectivity index (χ0) is 15.1. The molecule has 0 aliphatic rings. The quantitative estimate of drug-likeness (QED) is 0.833. The van der Waals surface area contributed by atoms with Gasteiger partial charge in [-0.3, -0.25) is 9.59 Å². The molecule has 4 heteroatoms. The van der Waals surface area contributed by atoms with Crippen LogP contribution in [0.25, 0.3) is 0 Å². The number of carbonyl (C=O) groups excluding carboxylic acids is 1. The van der Waals surface area contributed by atoms with E-state index in [9.17, 15) is 9.59 Å². The first-order valence-corrected chi connectivity index (χ1v) is 7.02. The number of carboxylic acid groups (broad SMARTS) is 1. The Labute approximate surface area is 120 Å². The van der Waals surface area contributed by atoms with Gasteiger partial charge in [-0.05, 0) is 12.0 Å². The van der Waals surface area contributed by atoms with Crippen LogP contribution in [0.4, 0.5) is 0 Å². The van der Waals surface area contributed by atoms with Gasteiger partial charge in [0.25, 0.3) is 0 Å². The Hall–Kier alpha value is -1.84. The van der Waals surface area contributed by atoms with Gasteiger partial charge in [0.2, 0.25) is 5.91 Å². The van der Waals surface area contributed by atoms with Crippen molar-refractivity contribution in [3.63, 3.8) is 0 Å². The Kier molecular flexibility index (Phi) is 6.22. The largest absolute Gasteiger partial charge is 0.481 e. The zero-order valence-corrected chi connectivity index (χ0v) is 12.4. The molecule has 0 spiro atoms. The second-order valence-corrected chi connectivity index (χ2v) is 5.16. The lowest BCUT2D eigenvalue weighted by atomic mass is 9.94. The summed E-state index contributed by atoms with van der Waals surface area (Å²) >= 11 is 0. The van der Waals surface area contributed by atoms with E-state index in [4.69, 9.17) is 5.11 Å². The van der Waals surface area contributed by atoms with Crippen LogP contribution in [0.2, 0.25) is 0 Å². The lowest BCUT2D eigenvalue weighted by Gasteiger charge is -2.27. The van der Waals surface area contributed by atoms with E-state index in [0.717, 1.165) is 12.0 Å². The van der Waals surface area contributed by atoms with Crippen molar-refractivity contribution in [1.82, 2.24) is 4.90 Å². The molecule has 110 valence electrons. The third kappa shape index (κ3) is 4.37. The van der Waals surface area contributed by atoms with Crippen LogP contribution in [0, 0.1) is 11.8 Å². The van der Waals surface area contributed by atoms with Gasteiger partial charge < -0.3 is 10.0 Å². The highest BCUT2D eigenvalue weighted by Crippen LogP contribution is 2.17. The third-order valence-electron chi connectivity index (χ3n) is 3.55. The number of hydrogen-bond donors (Lipinski definition) is 1. The molecule has 1 amide bonds. The fourth-order valence-corrected chi connectivity index (χ4v) is 2.06. The van der Waals surface area contributed by atoms with Gasteiger partial charge >= 0.3 is 5.97 Å². The Balaban J connectivity index is 2.79. The van der Waals surface area contributed by atoms with Crippen molar-refractivity contribution >= 4 is 11.9 Å². The standard InChI is InChI=1S/C16H23NO3/c1-4-10-17(11-14-8-6-5-7-9-14)15(18)12(2)13(3)16(19)20/h5-9,12-13H,4,10-11H2,1-3H3,(H,19,20). The summed E-state index contributed by atoms with van der Waals surface area (Å²) in [5.41, 5.74) is 1.06. The van der Waals surface area contributed by atoms with Crippen molar-refractivity contribution in [1.29, 1.82) is 0 Å². The fourth-order valence-electron chi connectivity index (χ4n) is 2.06. The molecule has 0 bridgehead atoms. The second kappa shape index (κ2) is 7.68. The molecular weight excluding hydrogens is 254 g/mol. The van der Waals surface area contributed by atoms with Crippen molar-refractivity contribution in [2.45, 2.75) is 33.7 Å². The summed E-state index contributed by atoms with van der Waals surface area (Å²) in [6.45, 7) is 6.46. The molecule has 0 aromatic heterocycles. The van der Waals surface area contributed by atoms with E-state index in [2.05, 4.69) is 0 Å². The lowest BCUT2D eigenvalue weighted by molar-refractivity contribution is -0.149. The molecule has 20 heavy (non-hydrogen) atoms. The Morgan fingerprint density at radius 1 is 1.15 bits per heavy atom. The summed E-state index contributed by atoms with van der Waals surface area (Å²) in [6, 6.07) is 9.76. The summed E-state index contributed by atoms with van der Waals surface area (Å²) < 4.78 is 0. The average Bonchev–Trinajstić information content (AvgIpc) is 2.45.